The van der Waals surface area contributed by atoms with Gasteiger partial charge in [0.15, 0.2) is 0 Å². The second kappa shape index (κ2) is 7.75. The Labute approximate surface area is 121 Å². The highest BCUT2D eigenvalue weighted by Gasteiger charge is 2.19. The van der Waals surface area contributed by atoms with Crippen molar-refractivity contribution in [2.45, 2.75) is 57.1 Å². The second-order valence-corrected chi connectivity index (χ2v) is 5.95. The maximum Gasteiger partial charge on any atom is 0.128 e. The van der Waals surface area contributed by atoms with Gasteiger partial charge in [0.2, 0.25) is 0 Å². The highest BCUT2D eigenvalue weighted by atomic mass is 19.1. The number of rotatable bonds is 5. The van der Waals surface area contributed by atoms with Gasteiger partial charge in [0.25, 0.3) is 0 Å². The summed E-state index contributed by atoms with van der Waals surface area (Å²) in [5.74, 6) is -0.308. The number of aliphatic hydroxyl groups is 1. The summed E-state index contributed by atoms with van der Waals surface area (Å²) in [6.07, 6.45) is 7.72. The van der Waals surface area contributed by atoms with Crippen molar-refractivity contribution < 1.29 is 9.50 Å². The lowest BCUT2D eigenvalue weighted by Gasteiger charge is -2.28. The summed E-state index contributed by atoms with van der Waals surface area (Å²) in [5.41, 5.74) is 0.418. The number of benzene rings is 1. The Bertz CT molecular complexity index is 402. The number of hydrogen-bond donors (Lipinski definition) is 1. The van der Waals surface area contributed by atoms with Crippen LogP contribution in [0.25, 0.3) is 0 Å². The van der Waals surface area contributed by atoms with E-state index in [4.69, 9.17) is 0 Å². The van der Waals surface area contributed by atoms with Gasteiger partial charge in [-0.3, -0.25) is 0 Å². The molecule has 0 aromatic heterocycles. The average Bonchev–Trinajstić information content (AvgIpc) is 2.74. The van der Waals surface area contributed by atoms with Crippen molar-refractivity contribution in [3.05, 3.63) is 35.6 Å². The topological polar surface area (TPSA) is 23.5 Å². The van der Waals surface area contributed by atoms with Gasteiger partial charge < -0.3 is 10.0 Å². The lowest BCUT2D eigenvalue weighted by molar-refractivity contribution is 0.129. The van der Waals surface area contributed by atoms with Crippen LogP contribution in [-0.4, -0.2) is 29.6 Å². The standard InChI is InChI=1S/C17H26FNO/c1-19(14-8-4-2-3-5-9-14)13-12-17(20)15-10-6-7-11-16(15)18/h6-7,10-11,14,17,20H,2-5,8-9,12-13H2,1H3. The normalized spacial score (nSPS) is 19.0. The van der Waals surface area contributed by atoms with Crippen molar-refractivity contribution in [2.75, 3.05) is 13.6 Å². The predicted octanol–water partition coefficient (Wildman–Crippen LogP) is 3.90. The maximum atomic E-state index is 13.6. The summed E-state index contributed by atoms with van der Waals surface area (Å²) >= 11 is 0. The van der Waals surface area contributed by atoms with Crippen LogP contribution in [0.3, 0.4) is 0 Å². The summed E-state index contributed by atoms with van der Waals surface area (Å²) in [7, 11) is 2.13. The van der Waals surface area contributed by atoms with Gasteiger partial charge >= 0.3 is 0 Å². The molecule has 0 amide bonds. The molecular formula is C17H26FNO. The van der Waals surface area contributed by atoms with Crippen LogP contribution >= 0.6 is 0 Å². The number of hydrogen-bond acceptors (Lipinski definition) is 2. The molecule has 0 bridgehead atoms. The smallest absolute Gasteiger partial charge is 0.128 e. The van der Waals surface area contributed by atoms with E-state index < -0.39 is 6.10 Å². The summed E-state index contributed by atoms with van der Waals surface area (Å²) in [6, 6.07) is 7.14. The van der Waals surface area contributed by atoms with Crippen LogP contribution < -0.4 is 0 Å². The van der Waals surface area contributed by atoms with Gasteiger partial charge in [0.05, 0.1) is 6.10 Å². The van der Waals surface area contributed by atoms with Crippen LogP contribution in [-0.2, 0) is 0 Å². The quantitative estimate of drug-likeness (QED) is 0.826. The van der Waals surface area contributed by atoms with Crippen molar-refractivity contribution in [2.24, 2.45) is 0 Å². The molecule has 3 heteroatoms. The van der Waals surface area contributed by atoms with Gasteiger partial charge in [0, 0.05) is 18.2 Å². The molecule has 1 aliphatic carbocycles. The zero-order valence-electron chi connectivity index (χ0n) is 12.4. The molecule has 1 saturated carbocycles. The minimum absolute atomic E-state index is 0.308. The van der Waals surface area contributed by atoms with Crippen LogP contribution in [0.4, 0.5) is 4.39 Å². The zero-order valence-corrected chi connectivity index (χ0v) is 12.4. The highest BCUT2D eigenvalue weighted by molar-refractivity contribution is 5.19. The first kappa shape index (κ1) is 15.5. The molecule has 2 rings (SSSR count). The van der Waals surface area contributed by atoms with Crippen molar-refractivity contribution in [1.29, 1.82) is 0 Å². The molecule has 1 fully saturated rings. The van der Waals surface area contributed by atoms with Crippen molar-refractivity contribution in [1.82, 2.24) is 4.90 Å². The van der Waals surface area contributed by atoms with E-state index in [1.165, 1.54) is 44.6 Å². The molecule has 20 heavy (non-hydrogen) atoms. The Morgan fingerprint density at radius 3 is 2.50 bits per heavy atom. The van der Waals surface area contributed by atoms with Crippen LogP contribution in [0.1, 0.15) is 56.6 Å². The molecule has 0 heterocycles. The molecule has 112 valence electrons. The van der Waals surface area contributed by atoms with Gasteiger partial charge in [-0.2, -0.15) is 0 Å². The third-order valence-corrected chi connectivity index (χ3v) is 4.47. The highest BCUT2D eigenvalue weighted by Crippen LogP contribution is 2.23. The van der Waals surface area contributed by atoms with Crippen molar-refractivity contribution in [3.63, 3.8) is 0 Å². The molecule has 1 N–H and O–H groups in total. The first-order chi connectivity index (χ1) is 9.68. The molecule has 0 saturated heterocycles. The number of nitrogens with zero attached hydrogens (tertiary/aromatic N) is 1. The Morgan fingerprint density at radius 1 is 1.20 bits per heavy atom. The lowest BCUT2D eigenvalue weighted by atomic mass is 10.0. The molecule has 1 aromatic carbocycles. The van der Waals surface area contributed by atoms with Crippen LogP contribution in [0.15, 0.2) is 24.3 Å². The van der Waals surface area contributed by atoms with Gasteiger partial charge in [0.1, 0.15) is 5.82 Å². The van der Waals surface area contributed by atoms with Gasteiger partial charge in [-0.05, 0) is 32.4 Å². The van der Waals surface area contributed by atoms with E-state index in [1.54, 1.807) is 18.2 Å². The fourth-order valence-electron chi connectivity index (χ4n) is 3.11. The SMILES string of the molecule is CN(CCC(O)c1ccccc1F)C1CCCCCC1. The van der Waals surface area contributed by atoms with E-state index in [0.717, 1.165) is 6.54 Å². The van der Waals surface area contributed by atoms with Crippen LogP contribution in [0.5, 0.6) is 0 Å². The third-order valence-electron chi connectivity index (χ3n) is 4.47. The van der Waals surface area contributed by atoms with E-state index >= 15 is 0 Å². The Balaban J connectivity index is 1.83. The Morgan fingerprint density at radius 2 is 1.85 bits per heavy atom. The maximum absolute atomic E-state index is 13.6. The molecule has 0 radical (unpaired) electrons. The summed E-state index contributed by atoms with van der Waals surface area (Å²) in [4.78, 5) is 2.34. The number of halogens is 1. The van der Waals surface area contributed by atoms with Gasteiger partial charge in [-0.25, -0.2) is 4.39 Å². The van der Waals surface area contributed by atoms with Crippen molar-refractivity contribution in [3.8, 4) is 0 Å². The molecule has 0 aliphatic heterocycles. The largest absolute Gasteiger partial charge is 0.388 e. The fourth-order valence-corrected chi connectivity index (χ4v) is 3.11. The first-order valence-corrected chi connectivity index (χ1v) is 7.81. The lowest BCUT2D eigenvalue weighted by Crippen LogP contribution is -2.32. The minimum Gasteiger partial charge on any atom is -0.388 e. The average molecular weight is 279 g/mol. The van der Waals surface area contributed by atoms with Gasteiger partial charge in [-0.1, -0.05) is 43.9 Å². The van der Waals surface area contributed by atoms with E-state index in [-0.39, 0.29) is 5.82 Å². The van der Waals surface area contributed by atoms with E-state index in [2.05, 4.69) is 11.9 Å². The summed E-state index contributed by atoms with van der Waals surface area (Å²) in [6.45, 7) is 0.820. The van der Waals surface area contributed by atoms with E-state index in [9.17, 15) is 9.50 Å². The molecule has 1 aromatic rings. The molecule has 0 spiro atoms. The van der Waals surface area contributed by atoms with Crippen molar-refractivity contribution >= 4 is 0 Å². The number of aliphatic hydroxyl groups excluding tert-OH is 1. The molecule has 1 aliphatic rings. The Kier molecular flexibility index (Phi) is 5.99. The minimum atomic E-state index is -0.704. The predicted molar refractivity (Wildman–Crippen MR) is 80.1 cm³/mol. The monoisotopic (exact) mass is 279 g/mol. The summed E-state index contributed by atoms with van der Waals surface area (Å²) in [5, 5.41) is 10.1. The van der Waals surface area contributed by atoms with Crippen LogP contribution in [0, 0.1) is 5.82 Å². The fraction of sp³-hybridized carbons (Fsp3) is 0.647. The molecule has 2 nitrogen and oxygen atoms in total. The van der Waals surface area contributed by atoms with Crippen LogP contribution in [0.2, 0.25) is 0 Å². The third kappa shape index (κ3) is 4.29. The molecule has 1 unspecified atom stereocenters. The zero-order chi connectivity index (χ0) is 14.4. The van der Waals surface area contributed by atoms with E-state index in [0.29, 0.717) is 18.0 Å². The second-order valence-electron chi connectivity index (χ2n) is 5.95. The van der Waals surface area contributed by atoms with E-state index in [1.807, 2.05) is 0 Å². The Hall–Kier alpha value is -0.930. The van der Waals surface area contributed by atoms with Gasteiger partial charge in [-0.15, -0.1) is 0 Å². The first-order valence-electron chi connectivity index (χ1n) is 7.81. The summed E-state index contributed by atoms with van der Waals surface area (Å²) < 4.78 is 13.6. The molecule has 1 atom stereocenters. The molecular weight excluding hydrogens is 253 g/mol.